The van der Waals surface area contributed by atoms with E-state index < -0.39 is 0 Å². The highest BCUT2D eigenvalue weighted by Gasteiger charge is 2.20. The molecule has 1 fully saturated rings. The quantitative estimate of drug-likeness (QED) is 0.827. The first kappa shape index (κ1) is 11.3. The van der Waals surface area contributed by atoms with Crippen LogP contribution in [0.1, 0.15) is 42.8 Å². The fourth-order valence-corrected chi connectivity index (χ4v) is 2.08. The minimum Gasteiger partial charge on any atom is -0.383 e. The fraction of sp³-hybridized carbons (Fsp3) is 0.667. The van der Waals surface area contributed by atoms with Crippen LogP contribution in [-0.2, 0) is 11.2 Å². The molecule has 2 heterocycles. The number of aryl methyl sites for hydroxylation is 1. The van der Waals surface area contributed by atoms with E-state index >= 15 is 0 Å². The van der Waals surface area contributed by atoms with Crippen LogP contribution in [0.15, 0.2) is 0 Å². The second kappa shape index (κ2) is 4.78. The minimum atomic E-state index is 0.418. The van der Waals surface area contributed by atoms with E-state index in [4.69, 9.17) is 10.5 Å². The van der Waals surface area contributed by atoms with E-state index in [2.05, 4.69) is 16.9 Å². The number of anilines is 1. The number of hydrogen-bond donors (Lipinski definition) is 1. The standard InChI is InChI=1S/C12H19N3O/c1-3-10-8(2)11(13)15-12(14-10)9-4-6-16-7-5-9/h9H,3-7H2,1-2H3,(H2,13,14,15). The zero-order valence-electron chi connectivity index (χ0n) is 9.99. The summed E-state index contributed by atoms with van der Waals surface area (Å²) in [5, 5.41) is 0. The molecule has 0 saturated carbocycles. The Morgan fingerprint density at radius 2 is 2.00 bits per heavy atom. The van der Waals surface area contributed by atoms with Gasteiger partial charge in [-0.15, -0.1) is 0 Å². The molecule has 0 bridgehead atoms. The maximum absolute atomic E-state index is 5.92. The molecule has 0 radical (unpaired) electrons. The number of ether oxygens (including phenoxy) is 1. The molecule has 1 aromatic heterocycles. The number of nitrogens with zero attached hydrogens (tertiary/aromatic N) is 2. The van der Waals surface area contributed by atoms with Crippen molar-refractivity contribution >= 4 is 5.82 Å². The lowest BCUT2D eigenvalue weighted by molar-refractivity contribution is 0.0835. The van der Waals surface area contributed by atoms with E-state index in [9.17, 15) is 0 Å². The molecular formula is C12H19N3O. The molecule has 1 aromatic rings. The van der Waals surface area contributed by atoms with Gasteiger partial charge in [-0.2, -0.15) is 0 Å². The van der Waals surface area contributed by atoms with Crippen molar-refractivity contribution in [3.05, 3.63) is 17.1 Å². The molecule has 0 aromatic carbocycles. The number of aromatic nitrogens is 2. The Labute approximate surface area is 96.2 Å². The highest BCUT2D eigenvalue weighted by Crippen LogP contribution is 2.26. The van der Waals surface area contributed by atoms with Crippen molar-refractivity contribution < 1.29 is 4.74 Å². The van der Waals surface area contributed by atoms with E-state index in [1.807, 2.05) is 6.92 Å². The Bertz CT molecular complexity index is 373. The average Bonchev–Trinajstić information content (AvgIpc) is 2.33. The molecule has 2 N–H and O–H groups in total. The second-order valence-corrected chi connectivity index (χ2v) is 4.28. The summed E-state index contributed by atoms with van der Waals surface area (Å²) in [6, 6.07) is 0. The van der Waals surface area contributed by atoms with Gasteiger partial charge in [0.25, 0.3) is 0 Å². The Hall–Kier alpha value is -1.16. The normalized spacial score (nSPS) is 17.6. The molecule has 4 heteroatoms. The first-order chi connectivity index (χ1) is 7.72. The molecule has 16 heavy (non-hydrogen) atoms. The van der Waals surface area contributed by atoms with Crippen LogP contribution in [-0.4, -0.2) is 23.2 Å². The van der Waals surface area contributed by atoms with Crippen LogP contribution in [0.4, 0.5) is 5.82 Å². The molecule has 2 rings (SSSR count). The zero-order valence-corrected chi connectivity index (χ0v) is 9.99. The SMILES string of the molecule is CCc1nc(C2CCOCC2)nc(N)c1C. The number of rotatable bonds is 2. The van der Waals surface area contributed by atoms with E-state index in [1.165, 1.54) is 0 Å². The van der Waals surface area contributed by atoms with Gasteiger partial charge in [0.2, 0.25) is 0 Å². The molecule has 1 aliphatic heterocycles. The van der Waals surface area contributed by atoms with Gasteiger partial charge in [-0.1, -0.05) is 6.92 Å². The molecule has 0 spiro atoms. The summed E-state index contributed by atoms with van der Waals surface area (Å²) in [7, 11) is 0. The van der Waals surface area contributed by atoms with Gasteiger partial charge >= 0.3 is 0 Å². The third-order valence-corrected chi connectivity index (χ3v) is 3.22. The van der Waals surface area contributed by atoms with Gasteiger partial charge in [0, 0.05) is 30.4 Å². The van der Waals surface area contributed by atoms with Gasteiger partial charge in [0.05, 0.1) is 0 Å². The van der Waals surface area contributed by atoms with Gasteiger partial charge in [-0.3, -0.25) is 0 Å². The van der Waals surface area contributed by atoms with Crippen LogP contribution in [0.2, 0.25) is 0 Å². The summed E-state index contributed by atoms with van der Waals surface area (Å²) < 4.78 is 5.34. The van der Waals surface area contributed by atoms with Gasteiger partial charge in [-0.05, 0) is 26.2 Å². The summed E-state index contributed by atoms with van der Waals surface area (Å²) in [5.74, 6) is 1.96. The lowest BCUT2D eigenvalue weighted by Crippen LogP contribution is -2.18. The lowest BCUT2D eigenvalue weighted by Gasteiger charge is -2.21. The highest BCUT2D eigenvalue weighted by atomic mass is 16.5. The van der Waals surface area contributed by atoms with Crippen LogP contribution < -0.4 is 5.73 Å². The van der Waals surface area contributed by atoms with E-state index in [-0.39, 0.29) is 0 Å². The van der Waals surface area contributed by atoms with Crippen molar-refractivity contribution in [3.8, 4) is 0 Å². The Balaban J connectivity index is 2.29. The van der Waals surface area contributed by atoms with Crippen molar-refractivity contribution in [2.45, 2.75) is 39.0 Å². The van der Waals surface area contributed by atoms with Crippen molar-refractivity contribution in [1.29, 1.82) is 0 Å². The summed E-state index contributed by atoms with van der Waals surface area (Å²) in [6.07, 6.45) is 2.92. The molecular weight excluding hydrogens is 202 g/mol. The first-order valence-corrected chi connectivity index (χ1v) is 5.93. The van der Waals surface area contributed by atoms with E-state index in [1.54, 1.807) is 0 Å². The Kier molecular flexibility index (Phi) is 3.39. The van der Waals surface area contributed by atoms with Crippen LogP contribution in [0, 0.1) is 6.92 Å². The number of hydrogen-bond acceptors (Lipinski definition) is 4. The largest absolute Gasteiger partial charge is 0.383 e. The van der Waals surface area contributed by atoms with Crippen LogP contribution >= 0.6 is 0 Å². The Morgan fingerprint density at radius 3 is 2.62 bits per heavy atom. The Morgan fingerprint density at radius 1 is 1.31 bits per heavy atom. The van der Waals surface area contributed by atoms with Crippen molar-refractivity contribution in [2.24, 2.45) is 0 Å². The smallest absolute Gasteiger partial charge is 0.134 e. The van der Waals surface area contributed by atoms with E-state index in [0.717, 1.165) is 49.6 Å². The predicted octanol–water partition coefficient (Wildman–Crippen LogP) is 1.82. The van der Waals surface area contributed by atoms with Crippen LogP contribution in [0.5, 0.6) is 0 Å². The van der Waals surface area contributed by atoms with E-state index in [0.29, 0.717) is 11.7 Å². The van der Waals surface area contributed by atoms with Crippen LogP contribution in [0.3, 0.4) is 0 Å². The molecule has 0 atom stereocenters. The van der Waals surface area contributed by atoms with Crippen molar-refractivity contribution in [2.75, 3.05) is 18.9 Å². The molecule has 1 saturated heterocycles. The molecule has 88 valence electrons. The van der Waals surface area contributed by atoms with Gasteiger partial charge in [0.15, 0.2) is 0 Å². The third-order valence-electron chi connectivity index (χ3n) is 3.22. The van der Waals surface area contributed by atoms with Gasteiger partial charge in [0.1, 0.15) is 11.6 Å². The zero-order chi connectivity index (χ0) is 11.5. The van der Waals surface area contributed by atoms with Gasteiger partial charge in [-0.25, -0.2) is 9.97 Å². The predicted molar refractivity (Wildman–Crippen MR) is 63.4 cm³/mol. The summed E-state index contributed by atoms with van der Waals surface area (Å²) in [5.41, 5.74) is 8.03. The minimum absolute atomic E-state index is 0.418. The number of nitrogen functional groups attached to an aromatic ring is 1. The number of nitrogens with two attached hydrogens (primary N) is 1. The van der Waals surface area contributed by atoms with Crippen molar-refractivity contribution in [1.82, 2.24) is 9.97 Å². The van der Waals surface area contributed by atoms with Crippen LogP contribution in [0.25, 0.3) is 0 Å². The fourth-order valence-electron chi connectivity index (χ4n) is 2.08. The second-order valence-electron chi connectivity index (χ2n) is 4.28. The maximum Gasteiger partial charge on any atom is 0.134 e. The summed E-state index contributed by atoms with van der Waals surface area (Å²) in [6.45, 7) is 5.71. The molecule has 1 aliphatic rings. The monoisotopic (exact) mass is 221 g/mol. The summed E-state index contributed by atoms with van der Waals surface area (Å²) >= 11 is 0. The first-order valence-electron chi connectivity index (χ1n) is 5.93. The molecule has 4 nitrogen and oxygen atoms in total. The summed E-state index contributed by atoms with van der Waals surface area (Å²) in [4.78, 5) is 9.04. The van der Waals surface area contributed by atoms with Gasteiger partial charge < -0.3 is 10.5 Å². The maximum atomic E-state index is 5.92. The lowest BCUT2D eigenvalue weighted by atomic mass is 9.99. The average molecular weight is 221 g/mol. The molecule has 0 unspecified atom stereocenters. The molecule has 0 aliphatic carbocycles. The topological polar surface area (TPSA) is 61.0 Å². The highest BCUT2D eigenvalue weighted by molar-refractivity contribution is 5.41. The van der Waals surface area contributed by atoms with Crippen molar-refractivity contribution in [3.63, 3.8) is 0 Å². The third kappa shape index (κ3) is 2.16. The molecule has 0 amide bonds.